The van der Waals surface area contributed by atoms with Gasteiger partial charge in [0, 0.05) is 19.8 Å². The van der Waals surface area contributed by atoms with Crippen LogP contribution in [0, 0.1) is 5.92 Å². The van der Waals surface area contributed by atoms with Crippen LogP contribution < -0.4 is 10.1 Å². The monoisotopic (exact) mass is 343 g/mol. The number of aromatic nitrogens is 2. The molecule has 1 aliphatic rings. The smallest absolute Gasteiger partial charge is 0.249 e. The molecule has 2 atom stereocenters. The molecule has 0 fully saturated rings. The first-order valence-electron chi connectivity index (χ1n) is 8.91. The molecule has 0 spiro atoms. The highest BCUT2D eigenvalue weighted by Crippen LogP contribution is 2.26. The van der Waals surface area contributed by atoms with Crippen LogP contribution in [-0.2, 0) is 24.1 Å². The Bertz CT molecular complexity index is 741. The lowest BCUT2D eigenvalue weighted by atomic mass is 9.99. The maximum atomic E-state index is 11.4. The van der Waals surface area contributed by atoms with Crippen LogP contribution in [0.25, 0.3) is 0 Å². The fraction of sp³-hybridized carbons (Fsp3) is 0.526. The summed E-state index contributed by atoms with van der Waals surface area (Å²) in [5, 5.41) is 7.00. The van der Waals surface area contributed by atoms with Gasteiger partial charge in [0.1, 0.15) is 11.8 Å². The van der Waals surface area contributed by atoms with Crippen molar-refractivity contribution in [1.82, 2.24) is 15.5 Å². The number of benzene rings is 1. The summed E-state index contributed by atoms with van der Waals surface area (Å²) in [4.78, 5) is 16.0. The molecule has 0 saturated heterocycles. The summed E-state index contributed by atoms with van der Waals surface area (Å²) in [5.74, 6) is 2.30. The van der Waals surface area contributed by atoms with Crippen molar-refractivity contribution < 1.29 is 14.1 Å². The molecule has 0 saturated carbocycles. The van der Waals surface area contributed by atoms with E-state index in [0.717, 1.165) is 31.6 Å². The first kappa shape index (κ1) is 17.5. The summed E-state index contributed by atoms with van der Waals surface area (Å²) < 4.78 is 11.0. The van der Waals surface area contributed by atoms with Crippen molar-refractivity contribution in [3.05, 3.63) is 41.0 Å². The van der Waals surface area contributed by atoms with Crippen molar-refractivity contribution in [2.75, 3.05) is 6.61 Å². The Kier molecular flexibility index (Phi) is 5.36. The second-order valence-corrected chi connectivity index (χ2v) is 6.65. The third kappa shape index (κ3) is 4.18. The van der Waals surface area contributed by atoms with E-state index in [1.165, 1.54) is 18.1 Å². The van der Waals surface area contributed by atoms with Gasteiger partial charge in [0.25, 0.3) is 0 Å². The van der Waals surface area contributed by atoms with Crippen LogP contribution >= 0.6 is 0 Å². The topological polar surface area (TPSA) is 77.2 Å². The number of hydrogen-bond acceptors (Lipinski definition) is 5. The van der Waals surface area contributed by atoms with Gasteiger partial charge in [-0.3, -0.25) is 4.79 Å². The zero-order chi connectivity index (χ0) is 17.8. The molecule has 3 rings (SSSR count). The predicted molar refractivity (Wildman–Crippen MR) is 93.4 cm³/mol. The largest absolute Gasteiger partial charge is 0.493 e. The fourth-order valence-electron chi connectivity index (χ4n) is 3.05. The highest BCUT2D eigenvalue weighted by molar-refractivity contribution is 5.73. The number of rotatable bonds is 7. The molecule has 0 radical (unpaired) electrons. The SMILES string of the molecule is CC[C@H](C)[C@H](NC(C)=O)c1nc(CCc2ccc3c(c2)CCO3)no1. The van der Waals surface area contributed by atoms with Crippen LogP contribution in [0.1, 0.15) is 56.1 Å². The zero-order valence-corrected chi connectivity index (χ0v) is 15.0. The highest BCUT2D eigenvalue weighted by Gasteiger charge is 2.25. The number of fused-ring (bicyclic) bond motifs is 1. The molecule has 1 N–H and O–H groups in total. The van der Waals surface area contributed by atoms with Gasteiger partial charge in [0.2, 0.25) is 11.8 Å². The lowest BCUT2D eigenvalue weighted by Crippen LogP contribution is -2.30. The molecule has 0 aliphatic carbocycles. The minimum absolute atomic E-state index is 0.0922. The number of nitrogens with zero attached hydrogens (tertiary/aromatic N) is 2. The van der Waals surface area contributed by atoms with Crippen molar-refractivity contribution in [3.8, 4) is 5.75 Å². The molecule has 134 valence electrons. The third-order valence-corrected chi connectivity index (χ3v) is 4.71. The molecule has 1 aromatic heterocycles. The van der Waals surface area contributed by atoms with E-state index in [2.05, 4.69) is 41.4 Å². The van der Waals surface area contributed by atoms with Crippen molar-refractivity contribution in [3.63, 3.8) is 0 Å². The Hall–Kier alpha value is -2.37. The molecular formula is C19H25N3O3. The summed E-state index contributed by atoms with van der Waals surface area (Å²) in [5.41, 5.74) is 2.52. The Morgan fingerprint density at radius 2 is 2.20 bits per heavy atom. The van der Waals surface area contributed by atoms with Gasteiger partial charge in [0.15, 0.2) is 5.82 Å². The summed E-state index contributed by atoms with van der Waals surface area (Å²) in [6, 6.07) is 6.09. The third-order valence-electron chi connectivity index (χ3n) is 4.71. The van der Waals surface area contributed by atoms with Crippen molar-refractivity contribution in [2.45, 2.75) is 52.5 Å². The van der Waals surface area contributed by atoms with E-state index in [1.54, 1.807) is 0 Å². The van der Waals surface area contributed by atoms with E-state index < -0.39 is 0 Å². The predicted octanol–water partition coefficient (Wildman–Crippen LogP) is 3.01. The first-order chi connectivity index (χ1) is 12.1. The van der Waals surface area contributed by atoms with Gasteiger partial charge in [-0.25, -0.2) is 0 Å². The Balaban J connectivity index is 1.65. The number of carbonyl (C=O) groups is 1. The molecule has 0 bridgehead atoms. The summed E-state index contributed by atoms with van der Waals surface area (Å²) in [6.45, 7) is 6.42. The summed E-state index contributed by atoms with van der Waals surface area (Å²) >= 11 is 0. The zero-order valence-electron chi connectivity index (χ0n) is 15.0. The van der Waals surface area contributed by atoms with Gasteiger partial charge in [-0.15, -0.1) is 0 Å². The van der Waals surface area contributed by atoms with Crippen LogP contribution in [0.3, 0.4) is 0 Å². The van der Waals surface area contributed by atoms with Gasteiger partial charge in [-0.1, -0.05) is 37.6 Å². The molecule has 1 aromatic carbocycles. The van der Waals surface area contributed by atoms with E-state index in [0.29, 0.717) is 18.1 Å². The maximum absolute atomic E-state index is 11.4. The van der Waals surface area contributed by atoms with Gasteiger partial charge in [-0.2, -0.15) is 4.98 Å². The fourth-order valence-corrected chi connectivity index (χ4v) is 3.05. The molecule has 25 heavy (non-hydrogen) atoms. The molecule has 6 heteroatoms. The Morgan fingerprint density at radius 1 is 1.36 bits per heavy atom. The molecule has 1 amide bonds. The molecule has 6 nitrogen and oxygen atoms in total. The standard InChI is InChI=1S/C19H25N3O3/c1-4-12(2)18(20-13(3)23)19-21-17(22-25-19)8-6-14-5-7-16-15(11-14)9-10-24-16/h5,7,11-12,18H,4,6,8-10H2,1-3H3,(H,20,23)/t12-,18-/m0/s1. The van der Waals surface area contributed by atoms with E-state index in [-0.39, 0.29) is 17.9 Å². The van der Waals surface area contributed by atoms with Gasteiger partial charge in [-0.05, 0) is 29.5 Å². The highest BCUT2D eigenvalue weighted by atomic mass is 16.5. The van der Waals surface area contributed by atoms with Crippen LogP contribution in [0.15, 0.2) is 22.7 Å². The quantitative estimate of drug-likeness (QED) is 0.836. The summed E-state index contributed by atoms with van der Waals surface area (Å²) in [6.07, 6.45) is 3.44. The second-order valence-electron chi connectivity index (χ2n) is 6.65. The van der Waals surface area contributed by atoms with Crippen molar-refractivity contribution >= 4 is 5.91 Å². The number of carbonyl (C=O) groups excluding carboxylic acids is 1. The molecule has 2 aromatic rings. The van der Waals surface area contributed by atoms with Crippen LogP contribution in [0.4, 0.5) is 0 Å². The average Bonchev–Trinajstić information content (AvgIpc) is 3.25. The molecular weight excluding hydrogens is 318 g/mol. The van der Waals surface area contributed by atoms with E-state index in [1.807, 2.05) is 6.07 Å². The number of amides is 1. The van der Waals surface area contributed by atoms with Crippen LogP contribution in [0.2, 0.25) is 0 Å². The lowest BCUT2D eigenvalue weighted by Gasteiger charge is -2.19. The van der Waals surface area contributed by atoms with Crippen molar-refractivity contribution in [2.24, 2.45) is 5.92 Å². The van der Waals surface area contributed by atoms with E-state index >= 15 is 0 Å². The number of ether oxygens (including phenoxy) is 1. The van der Waals surface area contributed by atoms with Crippen LogP contribution in [0.5, 0.6) is 5.75 Å². The van der Waals surface area contributed by atoms with Gasteiger partial charge < -0.3 is 14.6 Å². The Labute approximate surface area is 148 Å². The molecule has 2 heterocycles. The molecule has 1 aliphatic heterocycles. The van der Waals surface area contributed by atoms with Crippen molar-refractivity contribution in [1.29, 1.82) is 0 Å². The van der Waals surface area contributed by atoms with Gasteiger partial charge >= 0.3 is 0 Å². The summed E-state index contributed by atoms with van der Waals surface area (Å²) in [7, 11) is 0. The average molecular weight is 343 g/mol. The number of hydrogen-bond donors (Lipinski definition) is 1. The van der Waals surface area contributed by atoms with Gasteiger partial charge in [0.05, 0.1) is 6.61 Å². The second kappa shape index (κ2) is 7.68. The van der Waals surface area contributed by atoms with Crippen LogP contribution in [-0.4, -0.2) is 22.7 Å². The normalized spacial score (nSPS) is 15.3. The lowest BCUT2D eigenvalue weighted by molar-refractivity contribution is -0.120. The Morgan fingerprint density at radius 3 is 2.96 bits per heavy atom. The first-order valence-corrected chi connectivity index (χ1v) is 8.91. The number of nitrogens with one attached hydrogen (secondary N) is 1. The molecule has 0 unspecified atom stereocenters. The van der Waals surface area contributed by atoms with E-state index in [9.17, 15) is 4.79 Å². The number of aryl methyl sites for hydroxylation is 2. The maximum Gasteiger partial charge on any atom is 0.249 e. The van der Waals surface area contributed by atoms with E-state index in [4.69, 9.17) is 9.26 Å². The minimum atomic E-state index is -0.235. The minimum Gasteiger partial charge on any atom is -0.493 e.